The first-order valence-corrected chi connectivity index (χ1v) is 10.5. The van der Waals surface area contributed by atoms with Gasteiger partial charge in [0.25, 0.3) is 0 Å². The summed E-state index contributed by atoms with van der Waals surface area (Å²) in [6.45, 7) is 0. The maximum atomic E-state index is 11.5. The lowest BCUT2D eigenvalue weighted by Crippen LogP contribution is -2.23. The number of aromatic amines is 1. The molecule has 132 valence electrons. The van der Waals surface area contributed by atoms with Crippen LogP contribution >= 0.6 is 23.4 Å². The Morgan fingerprint density at radius 3 is 2.88 bits per heavy atom. The molecular formula is C14H15ClN6O2S2. The number of anilines is 2. The molecular weight excluding hydrogens is 384 g/mol. The van der Waals surface area contributed by atoms with E-state index in [0.717, 1.165) is 17.5 Å². The highest BCUT2D eigenvalue weighted by Crippen LogP contribution is 2.41. The largest absolute Gasteiger partial charge is 0.322 e. The molecule has 0 amide bonds. The molecule has 1 atom stereocenters. The summed E-state index contributed by atoms with van der Waals surface area (Å²) in [6.07, 6.45) is 5.93. The Bertz CT molecular complexity index is 954. The van der Waals surface area contributed by atoms with Gasteiger partial charge >= 0.3 is 0 Å². The number of nitrogens with zero attached hydrogens (tertiary/aromatic N) is 3. The molecule has 0 aromatic carbocycles. The summed E-state index contributed by atoms with van der Waals surface area (Å²) in [5.41, 5.74) is 1.10. The maximum absolute atomic E-state index is 11.5. The third-order valence-corrected chi connectivity index (χ3v) is 7.30. The van der Waals surface area contributed by atoms with Crippen molar-refractivity contribution in [1.29, 1.82) is 0 Å². The second kappa shape index (κ2) is 6.27. The molecule has 2 aromatic heterocycles. The zero-order valence-corrected chi connectivity index (χ0v) is 15.3. The van der Waals surface area contributed by atoms with Crippen molar-refractivity contribution in [3.63, 3.8) is 0 Å². The van der Waals surface area contributed by atoms with Crippen LogP contribution < -0.4 is 10.5 Å². The number of thioether (sulfide) groups is 1. The SMILES string of the molecule is NS(=O)(=O)C1CC=C(c2ncc(Cl)c(Nc3cc(C4CC4)[nH]n3)n2)S1. The zero-order valence-electron chi connectivity index (χ0n) is 12.9. The van der Waals surface area contributed by atoms with Crippen molar-refractivity contribution in [2.45, 2.75) is 29.8 Å². The predicted molar refractivity (Wildman–Crippen MR) is 98.0 cm³/mol. The van der Waals surface area contributed by atoms with Gasteiger partial charge in [0.15, 0.2) is 17.5 Å². The number of halogens is 1. The van der Waals surface area contributed by atoms with Gasteiger partial charge < -0.3 is 5.32 Å². The molecule has 8 nitrogen and oxygen atoms in total. The minimum Gasteiger partial charge on any atom is -0.322 e. The van der Waals surface area contributed by atoms with Crippen LogP contribution in [0.15, 0.2) is 18.3 Å². The molecule has 4 rings (SSSR count). The molecule has 1 fully saturated rings. The molecule has 1 unspecified atom stereocenters. The fraction of sp³-hybridized carbons (Fsp3) is 0.357. The molecule has 2 aliphatic rings. The van der Waals surface area contributed by atoms with Crippen molar-refractivity contribution < 1.29 is 8.42 Å². The maximum Gasteiger partial charge on any atom is 0.222 e. The van der Waals surface area contributed by atoms with Crippen LogP contribution in [0.3, 0.4) is 0 Å². The summed E-state index contributed by atoms with van der Waals surface area (Å²) in [6, 6.07) is 1.94. The van der Waals surface area contributed by atoms with Gasteiger partial charge in [-0.1, -0.05) is 17.7 Å². The second-order valence-electron chi connectivity index (χ2n) is 5.94. The van der Waals surface area contributed by atoms with Gasteiger partial charge in [-0.25, -0.2) is 23.5 Å². The quantitative estimate of drug-likeness (QED) is 0.706. The van der Waals surface area contributed by atoms with E-state index in [2.05, 4.69) is 25.5 Å². The van der Waals surface area contributed by atoms with E-state index in [0.29, 0.717) is 39.7 Å². The standard InChI is InChI=1S/C14H15ClN6O2S2/c15-8-6-17-14(10-3-4-12(24-10)25(16,22)23)19-13(8)18-11-5-9(20-21-11)7-1-2-7/h3,5-7,12H,1-2,4H2,(H2,16,22,23)(H2,17,18,19,20,21). The minimum atomic E-state index is -3.61. The highest BCUT2D eigenvalue weighted by atomic mass is 35.5. The van der Waals surface area contributed by atoms with Gasteiger partial charge in [-0.05, 0) is 19.3 Å². The van der Waals surface area contributed by atoms with Crippen LogP contribution in [0.1, 0.15) is 36.7 Å². The highest BCUT2D eigenvalue weighted by Gasteiger charge is 2.29. The van der Waals surface area contributed by atoms with Gasteiger partial charge in [-0.15, -0.1) is 11.8 Å². The molecule has 1 aliphatic carbocycles. The van der Waals surface area contributed by atoms with E-state index in [-0.39, 0.29) is 0 Å². The Kier molecular flexibility index (Phi) is 4.22. The second-order valence-corrected chi connectivity index (χ2v) is 9.64. The molecule has 0 saturated heterocycles. The van der Waals surface area contributed by atoms with E-state index >= 15 is 0 Å². The number of H-pyrrole nitrogens is 1. The molecule has 0 spiro atoms. The van der Waals surface area contributed by atoms with E-state index in [1.165, 1.54) is 19.0 Å². The van der Waals surface area contributed by atoms with Crippen molar-refractivity contribution in [2.24, 2.45) is 5.14 Å². The Balaban J connectivity index is 1.54. The van der Waals surface area contributed by atoms with E-state index in [1.807, 2.05) is 6.07 Å². The average Bonchev–Trinajstić information content (AvgIpc) is 3.09. The number of nitrogens with two attached hydrogens (primary N) is 1. The van der Waals surface area contributed by atoms with Gasteiger partial charge in [-0.3, -0.25) is 5.10 Å². The molecule has 1 saturated carbocycles. The predicted octanol–water partition coefficient (Wildman–Crippen LogP) is 2.57. The van der Waals surface area contributed by atoms with Gasteiger partial charge in [-0.2, -0.15) is 5.10 Å². The lowest BCUT2D eigenvalue weighted by atomic mass is 10.3. The van der Waals surface area contributed by atoms with Crippen molar-refractivity contribution >= 4 is 49.9 Å². The summed E-state index contributed by atoms with van der Waals surface area (Å²) in [4.78, 5) is 9.26. The fourth-order valence-corrected chi connectivity index (χ4v) is 4.71. The van der Waals surface area contributed by atoms with Crippen LogP contribution in [0.5, 0.6) is 0 Å². The number of hydrogen-bond donors (Lipinski definition) is 3. The van der Waals surface area contributed by atoms with Crippen LogP contribution in [-0.4, -0.2) is 33.2 Å². The summed E-state index contributed by atoms with van der Waals surface area (Å²) >= 11 is 7.31. The average molecular weight is 399 g/mol. The van der Waals surface area contributed by atoms with E-state index in [4.69, 9.17) is 16.7 Å². The van der Waals surface area contributed by atoms with E-state index < -0.39 is 14.6 Å². The smallest absolute Gasteiger partial charge is 0.222 e. The molecule has 0 radical (unpaired) electrons. The van der Waals surface area contributed by atoms with Crippen molar-refractivity contribution in [2.75, 3.05) is 5.32 Å². The summed E-state index contributed by atoms with van der Waals surface area (Å²) < 4.78 is 22.2. The zero-order chi connectivity index (χ0) is 17.6. The number of sulfonamides is 1. The van der Waals surface area contributed by atoms with Crippen LogP contribution in [0.2, 0.25) is 5.02 Å². The molecule has 1 aliphatic heterocycles. The van der Waals surface area contributed by atoms with Gasteiger partial charge in [0, 0.05) is 22.6 Å². The molecule has 25 heavy (non-hydrogen) atoms. The molecule has 11 heteroatoms. The monoisotopic (exact) mass is 398 g/mol. The molecule has 0 bridgehead atoms. The van der Waals surface area contributed by atoms with Crippen LogP contribution in [0, 0.1) is 0 Å². The third kappa shape index (κ3) is 3.66. The molecule has 3 heterocycles. The Labute approximate surface area is 153 Å². The third-order valence-electron chi connectivity index (χ3n) is 3.95. The first-order chi connectivity index (χ1) is 11.9. The Morgan fingerprint density at radius 2 is 2.20 bits per heavy atom. The normalized spacial score (nSPS) is 20.6. The van der Waals surface area contributed by atoms with Crippen molar-refractivity contribution in [1.82, 2.24) is 20.2 Å². The van der Waals surface area contributed by atoms with Crippen molar-refractivity contribution in [3.05, 3.63) is 34.9 Å². The summed E-state index contributed by atoms with van der Waals surface area (Å²) in [5.74, 6) is 2.01. The lowest BCUT2D eigenvalue weighted by molar-refractivity contribution is 0.595. The number of aromatic nitrogens is 4. The van der Waals surface area contributed by atoms with Crippen LogP contribution in [-0.2, 0) is 10.0 Å². The number of nitrogens with one attached hydrogen (secondary N) is 2. The number of rotatable bonds is 5. The lowest BCUT2D eigenvalue weighted by Gasteiger charge is -2.09. The first kappa shape index (κ1) is 16.8. The number of primary sulfonamides is 1. The van der Waals surface area contributed by atoms with Crippen molar-refractivity contribution in [3.8, 4) is 0 Å². The Morgan fingerprint density at radius 1 is 1.40 bits per heavy atom. The summed E-state index contributed by atoms with van der Waals surface area (Å²) in [5, 5.41) is 15.8. The minimum absolute atomic E-state index is 0.331. The van der Waals surface area contributed by atoms with Crippen LogP contribution in [0.4, 0.5) is 11.6 Å². The van der Waals surface area contributed by atoms with Gasteiger partial charge in [0.1, 0.15) is 9.60 Å². The fourth-order valence-electron chi connectivity index (χ4n) is 2.49. The van der Waals surface area contributed by atoms with E-state index in [1.54, 1.807) is 6.08 Å². The highest BCUT2D eigenvalue weighted by molar-refractivity contribution is 8.18. The van der Waals surface area contributed by atoms with Crippen LogP contribution in [0.25, 0.3) is 4.91 Å². The van der Waals surface area contributed by atoms with E-state index in [9.17, 15) is 8.42 Å². The van der Waals surface area contributed by atoms with Gasteiger partial charge in [0.05, 0.1) is 6.20 Å². The Hall–Kier alpha value is -1.62. The molecule has 2 aromatic rings. The number of allylic oxidation sites excluding steroid dienone is 1. The summed E-state index contributed by atoms with van der Waals surface area (Å²) in [7, 11) is -3.61. The topological polar surface area (TPSA) is 127 Å². The molecule has 4 N–H and O–H groups in total. The first-order valence-electron chi connectivity index (χ1n) is 7.64. The van der Waals surface area contributed by atoms with Gasteiger partial charge in [0.2, 0.25) is 10.0 Å². The number of hydrogen-bond acceptors (Lipinski definition) is 7.